The van der Waals surface area contributed by atoms with Crippen LogP contribution < -0.4 is 14.4 Å². The Morgan fingerprint density at radius 2 is 1.84 bits per heavy atom. The van der Waals surface area contributed by atoms with Gasteiger partial charge in [0.05, 0.1) is 22.1 Å². The van der Waals surface area contributed by atoms with Gasteiger partial charge in [-0.1, -0.05) is 58.1 Å². The molecule has 3 aromatic carbocycles. The van der Waals surface area contributed by atoms with E-state index in [1.54, 1.807) is 12.2 Å². The van der Waals surface area contributed by atoms with Gasteiger partial charge in [0.25, 0.3) is 11.6 Å². The van der Waals surface area contributed by atoms with Crippen LogP contribution in [0.2, 0.25) is 0 Å². The number of halogens is 1. The van der Waals surface area contributed by atoms with Crippen LogP contribution in [0.5, 0.6) is 11.5 Å². The molecule has 1 amide bonds. The van der Waals surface area contributed by atoms with E-state index in [0.717, 1.165) is 21.2 Å². The van der Waals surface area contributed by atoms with Gasteiger partial charge in [0.2, 0.25) is 0 Å². The number of allylic oxidation sites excluding steroid dienone is 1. The molecule has 0 N–H and O–H groups in total. The van der Waals surface area contributed by atoms with Gasteiger partial charge < -0.3 is 9.47 Å². The van der Waals surface area contributed by atoms with Gasteiger partial charge in [0.15, 0.2) is 15.8 Å². The first-order chi connectivity index (χ1) is 18.3. The molecule has 3 aromatic rings. The number of nitrogens with zero attached hydrogens (tertiary/aromatic N) is 2. The van der Waals surface area contributed by atoms with Crippen molar-refractivity contribution in [2.75, 3.05) is 11.5 Å². The lowest BCUT2D eigenvalue weighted by molar-refractivity contribution is -0.384. The van der Waals surface area contributed by atoms with E-state index in [0.29, 0.717) is 46.0 Å². The summed E-state index contributed by atoms with van der Waals surface area (Å²) in [5.41, 5.74) is 3.06. The van der Waals surface area contributed by atoms with Gasteiger partial charge >= 0.3 is 0 Å². The second kappa shape index (κ2) is 12.4. The van der Waals surface area contributed by atoms with Crippen LogP contribution in [-0.2, 0) is 17.8 Å². The molecule has 0 aromatic heterocycles. The Balaban J connectivity index is 1.64. The zero-order valence-electron chi connectivity index (χ0n) is 20.4. The quantitative estimate of drug-likeness (QED) is 0.0774. The van der Waals surface area contributed by atoms with Crippen molar-refractivity contribution in [1.82, 2.24) is 0 Å². The molecule has 0 bridgehead atoms. The van der Waals surface area contributed by atoms with Crippen LogP contribution in [0.4, 0.5) is 11.4 Å². The number of hydrogen-bond donors (Lipinski definition) is 0. The predicted octanol–water partition coefficient (Wildman–Crippen LogP) is 7.47. The van der Waals surface area contributed by atoms with Gasteiger partial charge in [-0.3, -0.25) is 19.8 Å². The summed E-state index contributed by atoms with van der Waals surface area (Å²) in [7, 11) is 0. The molecular weight excluding hydrogens is 588 g/mol. The number of nitro groups is 1. The van der Waals surface area contributed by atoms with Crippen molar-refractivity contribution in [3.8, 4) is 11.5 Å². The zero-order valence-corrected chi connectivity index (χ0v) is 23.6. The van der Waals surface area contributed by atoms with Crippen molar-refractivity contribution >= 4 is 67.6 Å². The Labute approximate surface area is 238 Å². The summed E-state index contributed by atoms with van der Waals surface area (Å²) in [5.74, 6) is 0.902. The Bertz CT molecular complexity index is 1420. The molecule has 0 aliphatic carbocycles. The molecule has 10 heteroatoms. The Hall–Kier alpha value is -3.47. The fourth-order valence-electron chi connectivity index (χ4n) is 3.80. The smallest absolute Gasteiger partial charge is 0.270 e. The van der Waals surface area contributed by atoms with Crippen molar-refractivity contribution < 1.29 is 19.2 Å². The largest absolute Gasteiger partial charge is 0.490 e. The molecule has 4 rings (SSSR count). The molecule has 1 aliphatic heterocycles. The SMILES string of the molecule is C=CCc1cc(/C=C2/SC(=S)N(c3ccc([N+](=O)[O-])cc3)C2=O)cc(OCC)c1OCc1ccc(Br)cc1. The van der Waals surface area contributed by atoms with Gasteiger partial charge in [-0.15, -0.1) is 6.58 Å². The lowest BCUT2D eigenvalue weighted by atomic mass is 10.0. The number of thioether (sulfide) groups is 1. The molecule has 0 unspecified atom stereocenters. The summed E-state index contributed by atoms with van der Waals surface area (Å²) >= 11 is 10.1. The summed E-state index contributed by atoms with van der Waals surface area (Å²) in [6.07, 6.45) is 4.09. The third-order valence-electron chi connectivity index (χ3n) is 5.52. The number of rotatable bonds is 10. The Kier molecular flexibility index (Phi) is 8.98. The lowest BCUT2D eigenvalue weighted by Gasteiger charge is -2.17. The van der Waals surface area contributed by atoms with Crippen molar-refractivity contribution in [1.29, 1.82) is 0 Å². The molecule has 0 saturated carbocycles. The van der Waals surface area contributed by atoms with Crippen LogP contribution in [0.3, 0.4) is 0 Å². The molecule has 194 valence electrons. The third-order valence-corrected chi connectivity index (χ3v) is 7.36. The van der Waals surface area contributed by atoms with Crippen LogP contribution in [0.15, 0.2) is 82.7 Å². The van der Waals surface area contributed by atoms with Crippen LogP contribution in [0.1, 0.15) is 23.6 Å². The minimum Gasteiger partial charge on any atom is -0.490 e. The molecule has 0 radical (unpaired) electrons. The number of ether oxygens (including phenoxy) is 2. The second-order valence-electron chi connectivity index (χ2n) is 8.14. The monoisotopic (exact) mass is 610 g/mol. The first-order valence-corrected chi connectivity index (χ1v) is 13.6. The molecular formula is C28H23BrN2O5S2. The topological polar surface area (TPSA) is 81.9 Å². The normalized spacial score (nSPS) is 14.2. The number of carbonyl (C=O) groups is 1. The number of nitro benzene ring substituents is 1. The van der Waals surface area contributed by atoms with Crippen molar-refractivity contribution in [3.63, 3.8) is 0 Å². The highest BCUT2D eigenvalue weighted by Crippen LogP contribution is 2.39. The summed E-state index contributed by atoms with van der Waals surface area (Å²) in [6, 6.07) is 17.4. The highest BCUT2D eigenvalue weighted by Gasteiger charge is 2.33. The molecule has 7 nitrogen and oxygen atoms in total. The zero-order chi connectivity index (χ0) is 27.2. The maximum absolute atomic E-state index is 13.3. The van der Waals surface area contributed by atoms with E-state index < -0.39 is 4.92 Å². The van der Waals surface area contributed by atoms with Crippen LogP contribution in [-0.4, -0.2) is 21.8 Å². The van der Waals surface area contributed by atoms with E-state index in [4.69, 9.17) is 21.7 Å². The van der Waals surface area contributed by atoms with Crippen LogP contribution >= 0.6 is 39.9 Å². The highest BCUT2D eigenvalue weighted by atomic mass is 79.9. The summed E-state index contributed by atoms with van der Waals surface area (Å²) in [4.78, 5) is 25.5. The number of benzene rings is 3. The molecule has 1 fully saturated rings. The van der Waals surface area contributed by atoms with Crippen LogP contribution in [0.25, 0.3) is 6.08 Å². The first kappa shape index (κ1) is 27.6. The summed E-state index contributed by atoms with van der Waals surface area (Å²) in [6.45, 7) is 6.58. The summed E-state index contributed by atoms with van der Waals surface area (Å²) < 4.78 is 13.5. The van der Waals surface area contributed by atoms with E-state index >= 15 is 0 Å². The molecule has 1 aliphatic rings. The molecule has 0 spiro atoms. The predicted molar refractivity (Wildman–Crippen MR) is 159 cm³/mol. The van der Waals surface area contributed by atoms with E-state index in [2.05, 4.69) is 22.5 Å². The van der Waals surface area contributed by atoms with Crippen molar-refractivity contribution in [3.05, 3.63) is 110 Å². The maximum Gasteiger partial charge on any atom is 0.270 e. The van der Waals surface area contributed by atoms with Crippen LogP contribution in [0, 0.1) is 10.1 Å². The van der Waals surface area contributed by atoms with Gasteiger partial charge in [0.1, 0.15) is 6.61 Å². The number of anilines is 1. The van der Waals surface area contributed by atoms with Crippen molar-refractivity contribution in [2.45, 2.75) is 20.0 Å². The van der Waals surface area contributed by atoms with E-state index in [1.165, 1.54) is 40.9 Å². The number of non-ortho nitro benzene ring substituents is 1. The minimum atomic E-state index is -0.489. The molecule has 1 heterocycles. The minimum absolute atomic E-state index is 0.0598. The Morgan fingerprint density at radius 3 is 2.47 bits per heavy atom. The third kappa shape index (κ3) is 6.32. The molecule has 38 heavy (non-hydrogen) atoms. The number of carbonyl (C=O) groups excluding carboxylic acids is 1. The fourth-order valence-corrected chi connectivity index (χ4v) is 5.37. The fraction of sp³-hybridized carbons (Fsp3) is 0.143. The first-order valence-electron chi connectivity index (χ1n) is 11.6. The number of amides is 1. The maximum atomic E-state index is 13.3. The van der Waals surface area contributed by atoms with E-state index in [1.807, 2.05) is 43.3 Å². The van der Waals surface area contributed by atoms with Gasteiger partial charge in [-0.05, 0) is 66.9 Å². The molecule has 1 saturated heterocycles. The van der Waals surface area contributed by atoms with E-state index in [9.17, 15) is 14.9 Å². The van der Waals surface area contributed by atoms with Crippen molar-refractivity contribution in [2.24, 2.45) is 0 Å². The second-order valence-corrected chi connectivity index (χ2v) is 10.7. The average molecular weight is 612 g/mol. The van der Waals surface area contributed by atoms with Gasteiger partial charge in [-0.25, -0.2) is 0 Å². The average Bonchev–Trinajstić information content (AvgIpc) is 3.17. The lowest BCUT2D eigenvalue weighted by Crippen LogP contribution is -2.27. The summed E-state index contributed by atoms with van der Waals surface area (Å²) in [5, 5.41) is 11.0. The Morgan fingerprint density at radius 1 is 1.13 bits per heavy atom. The standard InChI is InChI=1S/C28H23BrN2O5S2/c1-3-5-20-14-19(15-24(35-4-2)26(20)36-17-18-6-8-21(29)9-7-18)16-25-27(32)30(28(37)38-25)22-10-12-23(13-11-22)31(33)34/h3,6-16H,1,4-5,17H2,2H3/b25-16+. The van der Waals surface area contributed by atoms with E-state index in [-0.39, 0.29) is 11.6 Å². The highest BCUT2D eigenvalue weighted by molar-refractivity contribution is 9.10. The number of hydrogen-bond acceptors (Lipinski definition) is 7. The molecule has 0 atom stereocenters. The van der Waals surface area contributed by atoms with Gasteiger partial charge in [-0.2, -0.15) is 0 Å². The number of thiocarbonyl (C=S) groups is 1. The van der Waals surface area contributed by atoms with Gasteiger partial charge in [0, 0.05) is 22.2 Å².